The maximum absolute atomic E-state index is 11.6. The quantitative estimate of drug-likeness (QED) is 0.777. The van der Waals surface area contributed by atoms with Crippen molar-refractivity contribution in [3.63, 3.8) is 0 Å². The molecule has 5 heteroatoms. The second-order valence-electron chi connectivity index (χ2n) is 3.79. The van der Waals surface area contributed by atoms with E-state index in [-0.39, 0.29) is 12.2 Å². The summed E-state index contributed by atoms with van der Waals surface area (Å²) in [6.45, 7) is 0.553. The van der Waals surface area contributed by atoms with Gasteiger partial charge < -0.3 is 9.47 Å². The molecule has 2 rings (SSSR count). The highest BCUT2D eigenvalue weighted by Crippen LogP contribution is 2.25. The standard InChI is InChI=1S/C12H14ClNO3/c1-16-10-4-2-9(3-5-10)14-8-11(6-7-13)17-12(14)15/h2-5,11H,6-8H2,1H3. The van der Waals surface area contributed by atoms with E-state index in [9.17, 15) is 4.79 Å². The average molecular weight is 256 g/mol. The molecule has 92 valence electrons. The molecule has 1 saturated heterocycles. The van der Waals surface area contributed by atoms with E-state index < -0.39 is 0 Å². The van der Waals surface area contributed by atoms with Crippen LogP contribution in [0.4, 0.5) is 10.5 Å². The average Bonchev–Trinajstić information content (AvgIpc) is 2.71. The maximum Gasteiger partial charge on any atom is 0.414 e. The molecule has 1 fully saturated rings. The van der Waals surface area contributed by atoms with Gasteiger partial charge in [-0.2, -0.15) is 0 Å². The van der Waals surface area contributed by atoms with Gasteiger partial charge in [-0.15, -0.1) is 11.6 Å². The molecule has 0 radical (unpaired) electrons. The van der Waals surface area contributed by atoms with Crippen LogP contribution in [0.15, 0.2) is 24.3 Å². The van der Waals surface area contributed by atoms with E-state index in [0.29, 0.717) is 18.8 Å². The first kappa shape index (κ1) is 12.0. The van der Waals surface area contributed by atoms with Crippen molar-refractivity contribution in [3.05, 3.63) is 24.3 Å². The lowest BCUT2D eigenvalue weighted by Crippen LogP contribution is -2.24. The summed E-state index contributed by atoms with van der Waals surface area (Å²) in [7, 11) is 1.61. The lowest BCUT2D eigenvalue weighted by Gasteiger charge is -2.13. The Balaban J connectivity index is 2.08. The summed E-state index contributed by atoms with van der Waals surface area (Å²) >= 11 is 5.64. The highest BCUT2D eigenvalue weighted by atomic mass is 35.5. The number of cyclic esters (lactones) is 1. The number of benzene rings is 1. The maximum atomic E-state index is 11.6. The normalized spacial score (nSPS) is 19.3. The number of alkyl halides is 1. The first-order valence-corrected chi connectivity index (χ1v) is 5.96. The monoisotopic (exact) mass is 255 g/mol. The molecule has 1 amide bonds. The van der Waals surface area contributed by atoms with E-state index in [1.807, 2.05) is 24.3 Å². The van der Waals surface area contributed by atoms with Gasteiger partial charge in [0.1, 0.15) is 11.9 Å². The number of amides is 1. The number of carbonyl (C=O) groups is 1. The summed E-state index contributed by atoms with van der Waals surface area (Å²) in [5.74, 6) is 1.26. The minimum atomic E-state index is -0.315. The highest BCUT2D eigenvalue weighted by molar-refractivity contribution is 6.17. The van der Waals surface area contributed by atoms with Crippen LogP contribution in [0.2, 0.25) is 0 Å². The summed E-state index contributed by atoms with van der Waals surface area (Å²) in [6.07, 6.45) is 0.257. The van der Waals surface area contributed by atoms with Crippen LogP contribution in [0, 0.1) is 0 Å². The first-order valence-electron chi connectivity index (χ1n) is 5.42. The van der Waals surface area contributed by atoms with E-state index in [1.54, 1.807) is 12.0 Å². The van der Waals surface area contributed by atoms with Gasteiger partial charge in [0.25, 0.3) is 0 Å². The van der Waals surface area contributed by atoms with E-state index in [0.717, 1.165) is 11.4 Å². The van der Waals surface area contributed by atoms with Crippen LogP contribution in [0.1, 0.15) is 6.42 Å². The van der Waals surface area contributed by atoms with Crippen LogP contribution in [-0.4, -0.2) is 31.7 Å². The van der Waals surface area contributed by atoms with Gasteiger partial charge in [0.15, 0.2) is 0 Å². The van der Waals surface area contributed by atoms with Crippen molar-refractivity contribution >= 4 is 23.4 Å². The number of halogens is 1. The highest BCUT2D eigenvalue weighted by Gasteiger charge is 2.31. The van der Waals surface area contributed by atoms with Crippen molar-refractivity contribution in [1.82, 2.24) is 0 Å². The third-order valence-electron chi connectivity index (χ3n) is 2.69. The molecule has 4 nitrogen and oxygen atoms in total. The van der Waals surface area contributed by atoms with Crippen molar-refractivity contribution in [2.24, 2.45) is 0 Å². The minimum absolute atomic E-state index is 0.109. The second-order valence-corrected chi connectivity index (χ2v) is 4.17. The Morgan fingerprint density at radius 2 is 2.18 bits per heavy atom. The Labute approximate surface area is 105 Å². The Hall–Kier alpha value is -1.42. The zero-order chi connectivity index (χ0) is 12.3. The van der Waals surface area contributed by atoms with E-state index in [4.69, 9.17) is 21.1 Å². The molecule has 1 aliphatic heterocycles. The zero-order valence-corrected chi connectivity index (χ0v) is 10.3. The van der Waals surface area contributed by atoms with Crippen molar-refractivity contribution in [3.8, 4) is 5.75 Å². The molecule has 0 N–H and O–H groups in total. The Morgan fingerprint density at radius 1 is 1.47 bits per heavy atom. The lowest BCUT2D eigenvalue weighted by molar-refractivity contribution is 0.140. The van der Waals surface area contributed by atoms with Gasteiger partial charge in [0.2, 0.25) is 0 Å². The Kier molecular flexibility index (Phi) is 3.74. The third-order valence-corrected chi connectivity index (χ3v) is 2.91. The lowest BCUT2D eigenvalue weighted by atomic mass is 10.2. The molecule has 0 aromatic heterocycles. The molecule has 1 heterocycles. The number of anilines is 1. The predicted molar refractivity (Wildman–Crippen MR) is 65.9 cm³/mol. The number of hydrogen-bond acceptors (Lipinski definition) is 3. The van der Waals surface area contributed by atoms with Gasteiger partial charge >= 0.3 is 6.09 Å². The molecule has 17 heavy (non-hydrogen) atoms. The van der Waals surface area contributed by atoms with Crippen LogP contribution in [0.25, 0.3) is 0 Å². The third kappa shape index (κ3) is 2.64. The van der Waals surface area contributed by atoms with Gasteiger partial charge in [-0.1, -0.05) is 0 Å². The van der Waals surface area contributed by atoms with Crippen molar-refractivity contribution in [2.45, 2.75) is 12.5 Å². The van der Waals surface area contributed by atoms with Crippen LogP contribution in [0.5, 0.6) is 5.75 Å². The Morgan fingerprint density at radius 3 is 2.76 bits per heavy atom. The fourth-order valence-electron chi connectivity index (χ4n) is 1.77. The van der Waals surface area contributed by atoms with Crippen LogP contribution in [0.3, 0.4) is 0 Å². The number of carbonyl (C=O) groups excluding carboxylic acids is 1. The molecule has 0 aliphatic carbocycles. The molecule has 1 aliphatic rings. The smallest absolute Gasteiger partial charge is 0.414 e. The fraction of sp³-hybridized carbons (Fsp3) is 0.417. The van der Waals surface area contributed by atoms with E-state index >= 15 is 0 Å². The van der Waals surface area contributed by atoms with Crippen molar-refractivity contribution in [1.29, 1.82) is 0 Å². The summed E-state index contributed by atoms with van der Waals surface area (Å²) in [4.78, 5) is 13.3. The zero-order valence-electron chi connectivity index (χ0n) is 9.56. The van der Waals surface area contributed by atoms with Crippen LogP contribution in [-0.2, 0) is 4.74 Å². The largest absolute Gasteiger partial charge is 0.497 e. The van der Waals surface area contributed by atoms with E-state index in [2.05, 4.69) is 0 Å². The van der Waals surface area contributed by atoms with Gasteiger partial charge in [-0.25, -0.2) is 4.79 Å². The minimum Gasteiger partial charge on any atom is -0.497 e. The van der Waals surface area contributed by atoms with Gasteiger partial charge in [0, 0.05) is 11.6 Å². The molecule has 1 aromatic carbocycles. The summed E-state index contributed by atoms with van der Waals surface area (Å²) in [5, 5.41) is 0. The molecule has 1 atom stereocenters. The first-order chi connectivity index (χ1) is 8.24. The van der Waals surface area contributed by atoms with Crippen LogP contribution < -0.4 is 9.64 Å². The van der Waals surface area contributed by atoms with Gasteiger partial charge in [-0.3, -0.25) is 4.90 Å². The second kappa shape index (κ2) is 5.27. The molecule has 0 bridgehead atoms. The molecular formula is C12H14ClNO3. The number of ether oxygens (including phenoxy) is 2. The summed E-state index contributed by atoms with van der Waals surface area (Å²) in [5.41, 5.74) is 0.813. The summed E-state index contributed by atoms with van der Waals surface area (Å²) < 4.78 is 10.3. The SMILES string of the molecule is COc1ccc(N2CC(CCCl)OC2=O)cc1. The van der Waals surface area contributed by atoms with Crippen molar-refractivity contribution in [2.75, 3.05) is 24.4 Å². The number of rotatable bonds is 4. The topological polar surface area (TPSA) is 38.8 Å². The van der Waals surface area contributed by atoms with Gasteiger partial charge in [0.05, 0.1) is 13.7 Å². The molecule has 0 saturated carbocycles. The number of hydrogen-bond donors (Lipinski definition) is 0. The summed E-state index contributed by atoms with van der Waals surface area (Å²) in [6, 6.07) is 7.31. The van der Waals surface area contributed by atoms with Crippen LogP contribution >= 0.6 is 11.6 Å². The van der Waals surface area contributed by atoms with Crippen molar-refractivity contribution < 1.29 is 14.3 Å². The molecule has 1 unspecified atom stereocenters. The molecular weight excluding hydrogens is 242 g/mol. The number of nitrogens with zero attached hydrogens (tertiary/aromatic N) is 1. The van der Waals surface area contributed by atoms with E-state index in [1.165, 1.54) is 0 Å². The Bertz CT molecular complexity index is 393. The molecule has 1 aromatic rings. The number of methoxy groups -OCH3 is 1. The van der Waals surface area contributed by atoms with Gasteiger partial charge in [-0.05, 0) is 30.7 Å². The molecule has 0 spiro atoms. The predicted octanol–water partition coefficient (Wildman–Crippen LogP) is 2.65. The fourth-order valence-corrected chi connectivity index (χ4v) is 2.01.